The first-order chi connectivity index (χ1) is 16.9. The molecule has 0 saturated heterocycles. The molecule has 0 bridgehead atoms. The van der Waals surface area contributed by atoms with Crippen LogP contribution in [0.25, 0.3) is 0 Å². The SMILES string of the molecule is CCCCC1=CC=NC(C(CCS(=O)(=O)O)N2c3ccccc3Sc3ccccc32)N1CCCC. The number of hydrogen-bond acceptors (Lipinski definition) is 6. The summed E-state index contributed by atoms with van der Waals surface area (Å²) in [5.74, 6) is -0.312. The standard InChI is InChI=1S/C27H35N3O3S2/c1-3-5-11-21-16-18-28-27(29(21)19-6-4-2)24(17-20-35(31,32)33)30-22-12-7-9-14-25(22)34-26-15-10-8-13-23(26)30/h7-10,12-16,18,24,27H,3-6,11,17,19-20H2,1-2H3,(H,31,32,33). The summed E-state index contributed by atoms with van der Waals surface area (Å²) in [5.41, 5.74) is 3.35. The Labute approximate surface area is 213 Å². The second-order valence-corrected chi connectivity index (χ2v) is 11.7. The van der Waals surface area contributed by atoms with Gasteiger partial charge in [-0.15, -0.1) is 0 Å². The van der Waals surface area contributed by atoms with Crippen LogP contribution in [0.15, 0.2) is 75.1 Å². The maximum absolute atomic E-state index is 11.9. The number of anilines is 2. The van der Waals surface area contributed by atoms with Gasteiger partial charge in [0.15, 0.2) is 0 Å². The van der Waals surface area contributed by atoms with E-state index in [9.17, 15) is 13.0 Å². The molecule has 0 radical (unpaired) electrons. The van der Waals surface area contributed by atoms with Gasteiger partial charge < -0.3 is 9.80 Å². The molecule has 2 unspecified atom stereocenters. The van der Waals surface area contributed by atoms with E-state index in [0.29, 0.717) is 0 Å². The van der Waals surface area contributed by atoms with Crippen LogP contribution in [0.1, 0.15) is 52.4 Å². The molecule has 2 heterocycles. The average molecular weight is 514 g/mol. The van der Waals surface area contributed by atoms with Crippen LogP contribution >= 0.6 is 11.8 Å². The summed E-state index contributed by atoms with van der Waals surface area (Å²) in [7, 11) is -4.13. The van der Waals surface area contributed by atoms with Crippen LogP contribution in [0.4, 0.5) is 11.4 Å². The van der Waals surface area contributed by atoms with Crippen molar-refractivity contribution in [2.75, 3.05) is 17.2 Å². The number of unbranched alkanes of at least 4 members (excludes halogenated alkanes) is 2. The first-order valence-corrected chi connectivity index (χ1v) is 14.9. The van der Waals surface area contributed by atoms with E-state index in [4.69, 9.17) is 4.99 Å². The van der Waals surface area contributed by atoms with Crippen LogP contribution in [0.3, 0.4) is 0 Å². The lowest BCUT2D eigenvalue weighted by molar-refractivity contribution is 0.209. The zero-order chi connectivity index (χ0) is 24.8. The van der Waals surface area contributed by atoms with Crippen molar-refractivity contribution in [2.45, 2.75) is 74.4 Å². The molecule has 0 aliphatic carbocycles. The van der Waals surface area contributed by atoms with E-state index >= 15 is 0 Å². The number of nitrogens with zero attached hydrogens (tertiary/aromatic N) is 3. The Hall–Kier alpha value is -2.29. The van der Waals surface area contributed by atoms with Gasteiger partial charge in [-0.2, -0.15) is 8.42 Å². The normalized spacial score (nSPS) is 18.1. The molecule has 6 nitrogen and oxygen atoms in total. The molecular weight excluding hydrogens is 478 g/mol. The molecule has 2 aliphatic rings. The predicted molar refractivity (Wildman–Crippen MR) is 145 cm³/mol. The summed E-state index contributed by atoms with van der Waals surface area (Å²) < 4.78 is 33.6. The molecular formula is C27H35N3O3S2. The maximum atomic E-state index is 11.9. The topological polar surface area (TPSA) is 73.2 Å². The van der Waals surface area contributed by atoms with E-state index in [1.165, 1.54) is 5.70 Å². The quantitative estimate of drug-likeness (QED) is 0.345. The van der Waals surface area contributed by atoms with Gasteiger partial charge in [-0.3, -0.25) is 9.55 Å². The number of hydrogen-bond donors (Lipinski definition) is 1. The zero-order valence-corrected chi connectivity index (χ0v) is 22.1. The Morgan fingerprint density at radius 3 is 2.23 bits per heavy atom. The number of rotatable bonds is 11. The highest BCUT2D eigenvalue weighted by molar-refractivity contribution is 7.99. The lowest BCUT2D eigenvalue weighted by Crippen LogP contribution is -2.51. The third kappa shape index (κ3) is 6.11. The highest BCUT2D eigenvalue weighted by Gasteiger charge is 2.38. The molecule has 0 spiro atoms. The number of fused-ring (bicyclic) bond motifs is 2. The molecule has 0 fully saturated rings. The van der Waals surface area contributed by atoms with Crippen LogP contribution in [0.2, 0.25) is 0 Å². The fourth-order valence-corrected chi connectivity index (χ4v) is 6.44. The van der Waals surface area contributed by atoms with Crippen molar-refractivity contribution in [2.24, 2.45) is 4.99 Å². The van der Waals surface area contributed by atoms with Crippen molar-refractivity contribution in [3.05, 3.63) is 60.3 Å². The molecule has 2 aromatic rings. The van der Waals surface area contributed by atoms with E-state index in [-0.39, 0.29) is 24.4 Å². The van der Waals surface area contributed by atoms with Gasteiger partial charge in [0, 0.05) is 28.2 Å². The van der Waals surface area contributed by atoms with Crippen LogP contribution in [0.5, 0.6) is 0 Å². The summed E-state index contributed by atoms with van der Waals surface area (Å²) in [5, 5.41) is 0. The summed E-state index contributed by atoms with van der Waals surface area (Å²) in [4.78, 5) is 11.8. The summed E-state index contributed by atoms with van der Waals surface area (Å²) in [6.07, 6.45) is 9.26. The van der Waals surface area contributed by atoms with Gasteiger partial charge in [0.25, 0.3) is 10.1 Å². The summed E-state index contributed by atoms with van der Waals surface area (Å²) in [6.45, 7) is 5.24. The van der Waals surface area contributed by atoms with E-state index in [1.54, 1.807) is 11.8 Å². The highest BCUT2D eigenvalue weighted by Crippen LogP contribution is 2.50. The largest absolute Gasteiger partial charge is 0.351 e. The van der Waals surface area contributed by atoms with Gasteiger partial charge in [-0.05, 0) is 56.0 Å². The molecule has 0 amide bonds. The summed E-state index contributed by atoms with van der Waals surface area (Å²) >= 11 is 1.73. The monoisotopic (exact) mass is 513 g/mol. The second kappa shape index (κ2) is 11.6. The molecule has 4 rings (SSSR count). The van der Waals surface area contributed by atoms with Gasteiger partial charge >= 0.3 is 0 Å². The van der Waals surface area contributed by atoms with E-state index in [0.717, 1.165) is 59.8 Å². The van der Waals surface area contributed by atoms with Crippen molar-refractivity contribution in [3.8, 4) is 0 Å². The highest BCUT2D eigenvalue weighted by atomic mass is 32.2. The van der Waals surface area contributed by atoms with Crippen LogP contribution in [-0.4, -0.2) is 48.6 Å². The van der Waals surface area contributed by atoms with Gasteiger partial charge in [0.1, 0.15) is 6.17 Å². The first kappa shape index (κ1) is 25.8. The number of aliphatic imine (C=N–C) groups is 1. The lowest BCUT2D eigenvalue weighted by atomic mass is 10.0. The van der Waals surface area contributed by atoms with Gasteiger partial charge in [0.05, 0.1) is 23.2 Å². The summed E-state index contributed by atoms with van der Waals surface area (Å²) in [6, 6.07) is 16.2. The van der Waals surface area contributed by atoms with E-state index in [2.05, 4.69) is 54.0 Å². The van der Waals surface area contributed by atoms with Crippen molar-refractivity contribution >= 4 is 39.5 Å². The Kier molecular flexibility index (Phi) is 8.57. The molecule has 2 aromatic carbocycles. The lowest BCUT2D eigenvalue weighted by Gasteiger charge is -2.46. The Bertz CT molecular complexity index is 1130. The second-order valence-electron chi connectivity index (χ2n) is 9.07. The fourth-order valence-electron chi connectivity index (χ4n) is 4.83. The maximum Gasteiger partial charge on any atom is 0.264 e. The molecule has 35 heavy (non-hydrogen) atoms. The van der Waals surface area contributed by atoms with Crippen molar-refractivity contribution in [1.29, 1.82) is 0 Å². The first-order valence-electron chi connectivity index (χ1n) is 12.5. The molecule has 0 aromatic heterocycles. The molecule has 8 heteroatoms. The molecule has 2 atom stereocenters. The molecule has 0 saturated carbocycles. The smallest absolute Gasteiger partial charge is 0.264 e. The van der Waals surface area contributed by atoms with Crippen LogP contribution < -0.4 is 4.90 Å². The van der Waals surface area contributed by atoms with E-state index < -0.39 is 10.1 Å². The van der Waals surface area contributed by atoms with E-state index in [1.807, 2.05) is 30.5 Å². The van der Waals surface area contributed by atoms with Crippen LogP contribution in [0, 0.1) is 0 Å². The fraction of sp³-hybridized carbons (Fsp3) is 0.444. The number of para-hydroxylation sites is 2. The predicted octanol–water partition coefficient (Wildman–Crippen LogP) is 6.52. The van der Waals surface area contributed by atoms with Gasteiger partial charge in [0.2, 0.25) is 0 Å². The minimum atomic E-state index is -4.13. The molecule has 2 aliphatic heterocycles. The number of allylic oxidation sites excluding steroid dienone is 2. The van der Waals surface area contributed by atoms with Gasteiger partial charge in [-0.1, -0.05) is 62.7 Å². The van der Waals surface area contributed by atoms with Crippen LogP contribution in [-0.2, 0) is 10.1 Å². The van der Waals surface area contributed by atoms with Gasteiger partial charge in [-0.25, -0.2) is 0 Å². The Morgan fingerprint density at radius 1 is 1.00 bits per heavy atom. The third-order valence-corrected chi connectivity index (χ3v) is 8.43. The van der Waals surface area contributed by atoms with Crippen molar-refractivity contribution < 1.29 is 13.0 Å². The van der Waals surface area contributed by atoms with Crippen molar-refractivity contribution in [1.82, 2.24) is 4.90 Å². The zero-order valence-electron chi connectivity index (χ0n) is 20.5. The average Bonchev–Trinajstić information content (AvgIpc) is 2.85. The third-order valence-electron chi connectivity index (χ3n) is 6.55. The van der Waals surface area contributed by atoms with Crippen molar-refractivity contribution in [3.63, 3.8) is 0 Å². The Balaban J connectivity index is 1.81. The minimum absolute atomic E-state index is 0.260. The number of benzene rings is 2. The molecule has 1 N–H and O–H groups in total. The Morgan fingerprint density at radius 2 is 1.63 bits per heavy atom. The molecule has 188 valence electrons. The minimum Gasteiger partial charge on any atom is -0.351 e.